The molecule has 1 aliphatic heterocycles. The first-order chi connectivity index (χ1) is 12.1. The molecule has 0 unspecified atom stereocenters. The van der Waals surface area contributed by atoms with Gasteiger partial charge in [-0.15, -0.1) is 0 Å². The number of aromatic nitrogens is 3. The quantitative estimate of drug-likeness (QED) is 0.770. The summed E-state index contributed by atoms with van der Waals surface area (Å²) in [6.07, 6.45) is 6.11. The molecule has 1 saturated heterocycles. The molecule has 0 atom stereocenters. The van der Waals surface area contributed by atoms with E-state index in [-0.39, 0.29) is 0 Å². The first kappa shape index (κ1) is 18.0. The van der Waals surface area contributed by atoms with E-state index >= 15 is 0 Å². The van der Waals surface area contributed by atoms with Gasteiger partial charge in [0.25, 0.3) is 0 Å². The Morgan fingerprint density at radius 3 is 2.44 bits per heavy atom. The minimum absolute atomic E-state index is 0.318. The van der Waals surface area contributed by atoms with Crippen LogP contribution in [0.15, 0.2) is 30.7 Å². The van der Waals surface area contributed by atoms with Crippen molar-refractivity contribution in [1.29, 1.82) is 0 Å². The predicted octanol–water partition coefficient (Wildman–Crippen LogP) is 2.02. The summed E-state index contributed by atoms with van der Waals surface area (Å²) in [5.41, 5.74) is 3.48. The average molecular weight is 343 g/mol. The zero-order valence-electron chi connectivity index (χ0n) is 15.6. The van der Waals surface area contributed by atoms with E-state index in [4.69, 9.17) is 4.74 Å². The van der Waals surface area contributed by atoms with E-state index in [2.05, 4.69) is 39.9 Å². The number of aryl methyl sites for hydroxylation is 1. The van der Waals surface area contributed by atoms with E-state index in [0.29, 0.717) is 6.10 Å². The van der Waals surface area contributed by atoms with Gasteiger partial charge in [-0.1, -0.05) is 0 Å². The van der Waals surface area contributed by atoms with Gasteiger partial charge in [0, 0.05) is 76.0 Å². The number of pyridine rings is 1. The highest BCUT2D eigenvalue weighted by Gasteiger charge is 2.19. The van der Waals surface area contributed by atoms with Crippen LogP contribution in [0.1, 0.15) is 19.4 Å². The molecule has 136 valence electrons. The van der Waals surface area contributed by atoms with Crippen molar-refractivity contribution in [2.75, 3.05) is 39.3 Å². The van der Waals surface area contributed by atoms with Crippen LogP contribution in [0.25, 0.3) is 11.3 Å². The van der Waals surface area contributed by atoms with Gasteiger partial charge in [-0.05, 0) is 26.0 Å². The lowest BCUT2D eigenvalue weighted by molar-refractivity contribution is 0.0438. The molecule has 0 aliphatic carbocycles. The molecule has 0 saturated carbocycles. The monoisotopic (exact) mass is 343 g/mol. The predicted molar refractivity (Wildman–Crippen MR) is 99.2 cm³/mol. The molecule has 0 N–H and O–H groups in total. The molecule has 0 spiro atoms. The Bertz CT molecular complexity index is 647. The molecule has 0 amide bonds. The van der Waals surface area contributed by atoms with Crippen molar-refractivity contribution in [3.05, 3.63) is 36.3 Å². The Morgan fingerprint density at radius 1 is 1.08 bits per heavy atom. The van der Waals surface area contributed by atoms with Crippen molar-refractivity contribution in [1.82, 2.24) is 24.6 Å². The smallest absolute Gasteiger partial charge is 0.0969 e. The Hall–Kier alpha value is -1.76. The van der Waals surface area contributed by atoms with Gasteiger partial charge in [-0.25, -0.2) is 0 Å². The number of hydrogen-bond donors (Lipinski definition) is 0. The first-order valence-corrected chi connectivity index (χ1v) is 9.11. The highest BCUT2D eigenvalue weighted by molar-refractivity contribution is 5.61. The molecule has 0 radical (unpaired) electrons. The fourth-order valence-electron chi connectivity index (χ4n) is 3.24. The molecule has 1 aliphatic rings. The van der Waals surface area contributed by atoms with E-state index in [1.807, 2.05) is 36.3 Å². The number of ether oxygens (including phenoxy) is 1. The van der Waals surface area contributed by atoms with Crippen LogP contribution in [0.4, 0.5) is 0 Å². The van der Waals surface area contributed by atoms with Crippen molar-refractivity contribution in [2.24, 2.45) is 7.05 Å². The van der Waals surface area contributed by atoms with Gasteiger partial charge in [-0.3, -0.25) is 19.5 Å². The fourth-order valence-corrected chi connectivity index (χ4v) is 3.24. The first-order valence-electron chi connectivity index (χ1n) is 9.11. The minimum atomic E-state index is 0.318. The lowest BCUT2D eigenvalue weighted by atomic mass is 10.1. The van der Waals surface area contributed by atoms with Crippen LogP contribution in [-0.2, 0) is 18.3 Å². The van der Waals surface area contributed by atoms with E-state index in [1.54, 1.807) is 0 Å². The van der Waals surface area contributed by atoms with E-state index in [0.717, 1.165) is 57.1 Å². The molecule has 25 heavy (non-hydrogen) atoms. The second-order valence-electron chi connectivity index (χ2n) is 6.95. The lowest BCUT2D eigenvalue weighted by Crippen LogP contribution is -2.46. The van der Waals surface area contributed by atoms with Crippen LogP contribution in [-0.4, -0.2) is 70.0 Å². The third kappa shape index (κ3) is 5.11. The number of rotatable bonds is 7. The second-order valence-corrected chi connectivity index (χ2v) is 6.95. The van der Waals surface area contributed by atoms with Crippen LogP contribution >= 0.6 is 0 Å². The summed E-state index contributed by atoms with van der Waals surface area (Å²) < 4.78 is 7.57. The largest absolute Gasteiger partial charge is 0.377 e. The molecule has 3 rings (SSSR count). The van der Waals surface area contributed by atoms with Crippen LogP contribution in [0.3, 0.4) is 0 Å². The maximum atomic E-state index is 5.66. The van der Waals surface area contributed by atoms with Crippen LogP contribution in [0.5, 0.6) is 0 Å². The van der Waals surface area contributed by atoms with Crippen molar-refractivity contribution >= 4 is 0 Å². The maximum Gasteiger partial charge on any atom is 0.0969 e. The van der Waals surface area contributed by atoms with Crippen molar-refractivity contribution < 1.29 is 4.74 Å². The molecule has 6 nitrogen and oxygen atoms in total. The Kier molecular flexibility index (Phi) is 6.18. The molecule has 6 heteroatoms. The van der Waals surface area contributed by atoms with Gasteiger partial charge in [0.05, 0.1) is 18.4 Å². The van der Waals surface area contributed by atoms with Crippen molar-refractivity contribution in [2.45, 2.75) is 26.5 Å². The number of nitrogens with zero attached hydrogens (tertiary/aromatic N) is 5. The maximum absolute atomic E-state index is 5.66. The zero-order chi connectivity index (χ0) is 17.6. The molecular formula is C19H29N5O. The van der Waals surface area contributed by atoms with Crippen LogP contribution in [0.2, 0.25) is 0 Å². The molecule has 2 aromatic rings. The normalized spacial score (nSPS) is 16.6. The molecular weight excluding hydrogens is 314 g/mol. The number of piperazine rings is 1. The van der Waals surface area contributed by atoms with E-state index in [1.165, 1.54) is 5.56 Å². The SMILES string of the molecule is CC(C)OCCN1CCN(Cc2cn(C)nc2-c2ccncc2)CC1. The number of hydrogen-bond acceptors (Lipinski definition) is 5. The van der Waals surface area contributed by atoms with Crippen LogP contribution < -0.4 is 0 Å². The lowest BCUT2D eigenvalue weighted by Gasteiger charge is -2.34. The van der Waals surface area contributed by atoms with Gasteiger partial charge >= 0.3 is 0 Å². The van der Waals surface area contributed by atoms with Crippen molar-refractivity contribution in [3.8, 4) is 11.3 Å². The van der Waals surface area contributed by atoms with Gasteiger partial charge in [0.15, 0.2) is 0 Å². The van der Waals surface area contributed by atoms with E-state index < -0.39 is 0 Å². The van der Waals surface area contributed by atoms with Crippen LogP contribution in [0, 0.1) is 0 Å². The minimum Gasteiger partial charge on any atom is -0.377 e. The summed E-state index contributed by atoms with van der Waals surface area (Å²) in [4.78, 5) is 9.11. The molecule has 3 heterocycles. The van der Waals surface area contributed by atoms with Crippen molar-refractivity contribution in [3.63, 3.8) is 0 Å². The van der Waals surface area contributed by atoms with E-state index in [9.17, 15) is 0 Å². The van der Waals surface area contributed by atoms with Gasteiger partial charge < -0.3 is 4.74 Å². The summed E-state index contributed by atoms with van der Waals surface area (Å²) in [5, 5.41) is 4.65. The molecule has 0 bridgehead atoms. The molecule has 1 fully saturated rings. The summed E-state index contributed by atoms with van der Waals surface area (Å²) in [6, 6.07) is 4.05. The standard InChI is InChI=1S/C19H29N5O/c1-16(2)25-13-12-23-8-10-24(11-9-23)15-18-14-22(3)21-19(18)17-4-6-20-7-5-17/h4-7,14,16H,8-13,15H2,1-3H3. The topological polar surface area (TPSA) is 46.4 Å². The second kappa shape index (κ2) is 8.56. The third-order valence-corrected chi connectivity index (χ3v) is 4.58. The third-order valence-electron chi connectivity index (χ3n) is 4.58. The fraction of sp³-hybridized carbons (Fsp3) is 0.579. The van der Waals surface area contributed by atoms with Gasteiger partial charge in [0.1, 0.15) is 0 Å². The molecule has 0 aromatic carbocycles. The molecule has 2 aromatic heterocycles. The zero-order valence-corrected chi connectivity index (χ0v) is 15.6. The Balaban J connectivity index is 1.54. The summed E-state index contributed by atoms with van der Waals surface area (Å²) in [6.45, 7) is 11.4. The summed E-state index contributed by atoms with van der Waals surface area (Å²) >= 11 is 0. The highest BCUT2D eigenvalue weighted by atomic mass is 16.5. The van der Waals surface area contributed by atoms with Gasteiger partial charge in [-0.2, -0.15) is 5.10 Å². The Labute approximate surface area is 150 Å². The Morgan fingerprint density at radius 2 is 1.76 bits per heavy atom. The summed E-state index contributed by atoms with van der Waals surface area (Å²) in [5.74, 6) is 0. The average Bonchev–Trinajstić information content (AvgIpc) is 2.97. The van der Waals surface area contributed by atoms with Gasteiger partial charge in [0.2, 0.25) is 0 Å². The highest BCUT2D eigenvalue weighted by Crippen LogP contribution is 2.22. The summed E-state index contributed by atoms with van der Waals surface area (Å²) in [7, 11) is 1.99.